The van der Waals surface area contributed by atoms with Crippen molar-refractivity contribution in [2.45, 2.75) is 45.2 Å². The predicted octanol–water partition coefficient (Wildman–Crippen LogP) is 2.75. The first-order valence-electron chi connectivity index (χ1n) is 9.43. The van der Waals surface area contributed by atoms with Crippen LogP contribution in [-0.2, 0) is 6.42 Å². The molecule has 0 radical (unpaired) electrons. The predicted molar refractivity (Wildman–Crippen MR) is 106 cm³/mol. The van der Waals surface area contributed by atoms with Gasteiger partial charge in [-0.25, -0.2) is 0 Å². The van der Waals surface area contributed by atoms with Crippen LogP contribution >= 0.6 is 0 Å². The van der Waals surface area contributed by atoms with Crippen molar-refractivity contribution in [1.29, 1.82) is 0 Å². The van der Waals surface area contributed by atoms with Gasteiger partial charge in [0.2, 0.25) is 0 Å². The quantitative estimate of drug-likeness (QED) is 0.579. The molecule has 3 N–H and O–H groups in total. The van der Waals surface area contributed by atoms with Crippen LogP contribution in [0.1, 0.15) is 32.3 Å². The van der Waals surface area contributed by atoms with E-state index >= 15 is 0 Å². The summed E-state index contributed by atoms with van der Waals surface area (Å²) in [5, 5.41) is 8.37. The second-order valence-corrected chi connectivity index (χ2v) is 7.16. The maximum atomic E-state index is 4.39. The highest BCUT2D eigenvalue weighted by Crippen LogP contribution is 2.17. The average molecular weight is 342 g/mol. The summed E-state index contributed by atoms with van der Waals surface area (Å²) >= 11 is 0. The number of piperidine rings is 1. The number of fused-ring (bicyclic) bond motifs is 1. The third-order valence-corrected chi connectivity index (χ3v) is 5.19. The summed E-state index contributed by atoms with van der Waals surface area (Å²) in [4.78, 5) is 10.3. The first-order valence-corrected chi connectivity index (χ1v) is 9.43. The zero-order chi connectivity index (χ0) is 17.6. The fourth-order valence-corrected chi connectivity index (χ4v) is 3.60. The Labute approximate surface area is 150 Å². The molecule has 25 heavy (non-hydrogen) atoms. The first kappa shape index (κ1) is 17.8. The van der Waals surface area contributed by atoms with Crippen LogP contribution in [0.25, 0.3) is 10.9 Å². The minimum Gasteiger partial charge on any atom is -0.361 e. The number of hydrogen-bond donors (Lipinski definition) is 3. The monoisotopic (exact) mass is 341 g/mol. The van der Waals surface area contributed by atoms with E-state index < -0.39 is 0 Å². The molecule has 0 unspecified atom stereocenters. The van der Waals surface area contributed by atoms with Crippen molar-refractivity contribution in [1.82, 2.24) is 20.5 Å². The molecule has 1 saturated heterocycles. The van der Waals surface area contributed by atoms with Crippen molar-refractivity contribution in [2.24, 2.45) is 4.99 Å². The lowest BCUT2D eigenvalue weighted by Crippen LogP contribution is -2.50. The molecule has 1 aliphatic rings. The van der Waals surface area contributed by atoms with Crippen LogP contribution in [0.4, 0.5) is 0 Å². The maximum Gasteiger partial charge on any atom is 0.191 e. The SMILES string of the molecule is CN=C(NCCc1c[nH]c2ccccc12)NC1CCN(C(C)C)CC1. The number of aliphatic imine (C=N–C) groups is 1. The molecular formula is C20H31N5. The fourth-order valence-electron chi connectivity index (χ4n) is 3.60. The fraction of sp³-hybridized carbons (Fsp3) is 0.550. The third kappa shape index (κ3) is 4.54. The summed E-state index contributed by atoms with van der Waals surface area (Å²) < 4.78 is 0. The summed E-state index contributed by atoms with van der Waals surface area (Å²) in [7, 11) is 1.85. The highest BCUT2D eigenvalue weighted by molar-refractivity contribution is 5.83. The van der Waals surface area contributed by atoms with Crippen LogP contribution in [0.15, 0.2) is 35.5 Å². The molecular weight excluding hydrogens is 310 g/mol. The maximum absolute atomic E-state index is 4.39. The Morgan fingerprint density at radius 2 is 2.04 bits per heavy atom. The molecule has 5 nitrogen and oxygen atoms in total. The van der Waals surface area contributed by atoms with Gasteiger partial charge in [0.05, 0.1) is 0 Å². The number of H-pyrrole nitrogens is 1. The topological polar surface area (TPSA) is 55.5 Å². The third-order valence-electron chi connectivity index (χ3n) is 5.19. The molecule has 0 amide bonds. The zero-order valence-corrected chi connectivity index (χ0v) is 15.7. The van der Waals surface area contributed by atoms with Crippen LogP contribution < -0.4 is 10.6 Å². The number of nitrogens with zero attached hydrogens (tertiary/aromatic N) is 2. The number of para-hydroxylation sites is 1. The van der Waals surface area contributed by atoms with Gasteiger partial charge in [-0.05, 0) is 44.7 Å². The van der Waals surface area contributed by atoms with Gasteiger partial charge < -0.3 is 20.5 Å². The van der Waals surface area contributed by atoms with E-state index in [4.69, 9.17) is 0 Å². The molecule has 0 atom stereocenters. The largest absolute Gasteiger partial charge is 0.361 e. The van der Waals surface area contributed by atoms with Gasteiger partial charge in [0, 0.05) is 55.9 Å². The molecule has 1 fully saturated rings. The molecule has 2 aromatic rings. The van der Waals surface area contributed by atoms with E-state index in [1.807, 2.05) is 7.05 Å². The van der Waals surface area contributed by atoms with Gasteiger partial charge in [-0.2, -0.15) is 0 Å². The standard InChI is InChI=1S/C20H31N5/c1-15(2)25-12-9-17(10-13-25)24-20(21-3)22-11-8-16-14-23-19-7-5-4-6-18(16)19/h4-7,14-15,17,23H,8-13H2,1-3H3,(H2,21,22,24). The second kappa shape index (κ2) is 8.39. The van der Waals surface area contributed by atoms with Crippen LogP contribution in [0, 0.1) is 0 Å². The molecule has 0 spiro atoms. The molecule has 1 aliphatic heterocycles. The van der Waals surface area contributed by atoms with E-state index in [2.05, 4.69) is 69.8 Å². The lowest BCUT2D eigenvalue weighted by atomic mass is 10.0. The van der Waals surface area contributed by atoms with Crippen LogP contribution in [-0.4, -0.2) is 54.6 Å². The van der Waals surface area contributed by atoms with Crippen molar-refractivity contribution in [3.05, 3.63) is 36.0 Å². The van der Waals surface area contributed by atoms with Gasteiger partial charge in [-0.3, -0.25) is 4.99 Å². The molecule has 1 aromatic heterocycles. The number of nitrogens with one attached hydrogen (secondary N) is 3. The van der Waals surface area contributed by atoms with E-state index in [1.54, 1.807) is 0 Å². The highest BCUT2D eigenvalue weighted by atomic mass is 15.2. The van der Waals surface area contributed by atoms with Crippen molar-refractivity contribution >= 4 is 16.9 Å². The number of hydrogen-bond acceptors (Lipinski definition) is 2. The number of likely N-dealkylation sites (tertiary alicyclic amines) is 1. The van der Waals surface area contributed by atoms with E-state index in [0.29, 0.717) is 12.1 Å². The van der Waals surface area contributed by atoms with Crippen LogP contribution in [0.2, 0.25) is 0 Å². The number of aromatic amines is 1. The van der Waals surface area contributed by atoms with Gasteiger partial charge in [0.1, 0.15) is 0 Å². The summed E-state index contributed by atoms with van der Waals surface area (Å²) in [6.07, 6.45) is 5.46. The Morgan fingerprint density at radius 3 is 2.76 bits per heavy atom. The van der Waals surface area contributed by atoms with Crippen molar-refractivity contribution < 1.29 is 0 Å². The van der Waals surface area contributed by atoms with E-state index in [0.717, 1.165) is 18.9 Å². The summed E-state index contributed by atoms with van der Waals surface area (Å²) in [6.45, 7) is 7.77. The second-order valence-electron chi connectivity index (χ2n) is 7.16. The Hall–Kier alpha value is -2.01. The molecule has 5 heteroatoms. The van der Waals surface area contributed by atoms with Crippen molar-refractivity contribution in [3.8, 4) is 0 Å². The van der Waals surface area contributed by atoms with E-state index in [9.17, 15) is 0 Å². The molecule has 1 aromatic carbocycles. The summed E-state index contributed by atoms with van der Waals surface area (Å²) in [6, 6.07) is 9.63. The average Bonchev–Trinajstić information content (AvgIpc) is 3.04. The van der Waals surface area contributed by atoms with E-state index in [1.165, 1.54) is 42.4 Å². The molecule has 0 bridgehead atoms. The molecule has 2 heterocycles. The van der Waals surface area contributed by atoms with Gasteiger partial charge in [0.25, 0.3) is 0 Å². The molecule has 0 aliphatic carbocycles. The van der Waals surface area contributed by atoms with Gasteiger partial charge in [-0.1, -0.05) is 18.2 Å². The lowest BCUT2D eigenvalue weighted by molar-refractivity contribution is 0.167. The Morgan fingerprint density at radius 1 is 1.28 bits per heavy atom. The first-order chi connectivity index (χ1) is 12.2. The highest BCUT2D eigenvalue weighted by Gasteiger charge is 2.21. The number of guanidine groups is 1. The Balaban J connectivity index is 1.45. The smallest absolute Gasteiger partial charge is 0.191 e. The number of rotatable bonds is 5. The lowest BCUT2D eigenvalue weighted by Gasteiger charge is -2.35. The molecule has 136 valence electrons. The summed E-state index contributed by atoms with van der Waals surface area (Å²) in [5.74, 6) is 0.919. The van der Waals surface area contributed by atoms with Gasteiger partial charge >= 0.3 is 0 Å². The van der Waals surface area contributed by atoms with Crippen molar-refractivity contribution in [3.63, 3.8) is 0 Å². The molecule has 3 rings (SSSR count). The normalized spacial score (nSPS) is 17.4. The minimum atomic E-state index is 0.522. The van der Waals surface area contributed by atoms with Gasteiger partial charge in [-0.15, -0.1) is 0 Å². The molecule has 0 saturated carbocycles. The van der Waals surface area contributed by atoms with E-state index in [-0.39, 0.29) is 0 Å². The van der Waals surface area contributed by atoms with Crippen molar-refractivity contribution in [2.75, 3.05) is 26.7 Å². The number of benzene rings is 1. The Bertz CT molecular complexity index is 695. The van der Waals surface area contributed by atoms with Crippen LogP contribution in [0.3, 0.4) is 0 Å². The zero-order valence-electron chi connectivity index (χ0n) is 15.7. The van der Waals surface area contributed by atoms with Gasteiger partial charge in [0.15, 0.2) is 5.96 Å². The number of aromatic nitrogens is 1. The summed E-state index contributed by atoms with van der Waals surface area (Å²) in [5.41, 5.74) is 2.56. The minimum absolute atomic E-state index is 0.522. The van der Waals surface area contributed by atoms with Crippen LogP contribution in [0.5, 0.6) is 0 Å². The Kier molecular flexibility index (Phi) is 5.97.